The minimum absolute atomic E-state index is 0.361. The van der Waals surface area contributed by atoms with Gasteiger partial charge in [0.2, 0.25) is 0 Å². The molecule has 1 aromatic carbocycles. The number of carbonyl (C=O) groups is 2. The summed E-state index contributed by atoms with van der Waals surface area (Å²) in [5, 5.41) is 8.56. The van der Waals surface area contributed by atoms with Crippen LogP contribution in [0.2, 0.25) is 0 Å². The van der Waals surface area contributed by atoms with Crippen LogP contribution in [-0.4, -0.2) is 53.8 Å². The van der Waals surface area contributed by atoms with E-state index in [0.717, 1.165) is 12.1 Å². The number of hydrogen-bond donors (Lipinski definition) is 2. The van der Waals surface area contributed by atoms with Crippen LogP contribution in [0.1, 0.15) is 12.5 Å². The number of aliphatic carboxylic acids is 1. The van der Waals surface area contributed by atoms with Gasteiger partial charge in [0.1, 0.15) is 5.75 Å². The van der Waals surface area contributed by atoms with Gasteiger partial charge in [0, 0.05) is 19.6 Å². The molecule has 0 aliphatic carbocycles. The van der Waals surface area contributed by atoms with E-state index in [9.17, 15) is 9.59 Å². The molecule has 1 fully saturated rings. The number of amides is 1. The van der Waals surface area contributed by atoms with Gasteiger partial charge in [-0.05, 0) is 24.6 Å². The van der Waals surface area contributed by atoms with Gasteiger partial charge in [0.15, 0.2) is 12.2 Å². The number of nitrogens with two attached hydrogens (primary N) is 1. The molecule has 1 aliphatic heterocycles. The number of carbonyl (C=O) groups excluding carboxylic acids is 1. The molecular weight excluding hydrogens is 288 g/mol. The Morgan fingerprint density at radius 2 is 2.09 bits per heavy atom. The van der Waals surface area contributed by atoms with Gasteiger partial charge < -0.3 is 20.3 Å². The number of rotatable bonds is 6. The molecule has 7 nitrogen and oxygen atoms in total. The maximum Gasteiger partial charge on any atom is 0.341 e. The first kappa shape index (κ1) is 16.3. The number of carboxylic acid groups (broad SMARTS) is 1. The van der Waals surface area contributed by atoms with E-state index in [-0.39, 0.29) is 6.61 Å². The first-order valence-electron chi connectivity index (χ1n) is 6.99. The Bertz CT molecular complexity index is 545. The molecule has 0 aromatic heterocycles. The predicted molar refractivity (Wildman–Crippen MR) is 78.4 cm³/mol. The van der Waals surface area contributed by atoms with Crippen LogP contribution in [0, 0.1) is 0 Å². The van der Waals surface area contributed by atoms with Crippen LogP contribution in [0.15, 0.2) is 24.3 Å². The first-order valence-corrected chi connectivity index (χ1v) is 6.99. The number of carboxylic acids is 1. The van der Waals surface area contributed by atoms with Crippen molar-refractivity contribution in [1.82, 2.24) is 4.90 Å². The van der Waals surface area contributed by atoms with Crippen molar-refractivity contribution in [2.75, 3.05) is 26.3 Å². The lowest BCUT2D eigenvalue weighted by molar-refractivity contribution is -0.153. The second-order valence-corrected chi connectivity index (χ2v) is 5.48. The summed E-state index contributed by atoms with van der Waals surface area (Å²) in [6.45, 7) is 3.62. The standard InChI is InChI=1S/C15H20N2O5/c1-15(14(16)20)10-17(6-7-22-15)8-11-2-4-12(5-3-11)21-9-13(18)19/h2-5H,6-10H2,1H3,(H2,16,20)(H,18,19)/t15-/m0/s1. The highest BCUT2D eigenvalue weighted by atomic mass is 16.5. The van der Waals surface area contributed by atoms with Gasteiger partial charge in [0.05, 0.1) is 6.61 Å². The summed E-state index contributed by atoms with van der Waals surface area (Å²) < 4.78 is 10.6. The van der Waals surface area contributed by atoms with Crippen molar-refractivity contribution in [1.29, 1.82) is 0 Å². The topological polar surface area (TPSA) is 102 Å². The average Bonchev–Trinajstić information content (AvgIpc) is 2.46. The van der Waals surface area contributed by atoms with Crippen molar-refractivity contribution in [3.05, 3.63) is 29.8 Å². The van der Waals surface area contributed by atoms with Gasteiger partial charge in [-0.25, -0.2) is 4.79 Å². The number of nitrogens with zero attached hydrogens (tertiary/aromatic N) is 1. The molecule has 7 heteroatoms. The number of hydrogen-bond acceptors (Lipinski definition) is 5. The lowest BCUT2D eigenvalue weighted by Gasteiger charge is -2.38. The summed E-state index contributed by atoms with van der Waals surface area (Å²) in [5.41, 5.74) is 5.46. The molecule has 0 unspecified atom stereocenters. The van der Waals surface area contributed by atoms with Crippen molar-refractivity contribution in [2.45, 2.75) is 19.1 Å². The van der Waals surface area contributed by atoms with Crippen LogP contribution in [0.3, 0.4) is 0 Å². The summed E-state index contributed by atoms with van der Waals surface area (Å²) in [6.07, 6.45) is 0. The molecule has 120 valence electrons. The van der Waals surface area contributed by atoms with Crippen LogP contribution in [0.5, 0.6) is 5.75 Å². The molecule has 2 rings (SSSR count). The van der Waals surface area contributed by atoms with E-state index in [1.54, 1.807) is 19.1 Å². The lowest BCUT2D eigenvalue weighted by Crippen LogP contribution is -2.56. The van der Waals surface area contributed by atoms with E-state index in [1.807, 2.05) is 12.1 Å². The molecule has 1 aliphatic rings. The minimum atomic E-state index is -1.01. The molecule has 22 heavy (non-hydrogen) atoms. The third-order valence-electron chi connectivity index (χ3n) is 3.57. The van der Waals surface area contributed by atoms with Gasteiger partial charge in [-0.15, -0.1) is 0 Å². The van der Waals surface area contributed by atoms with Crippen LogP contribution in [-0.2, 0) is 20.9 Å². The predicted octanol–water partition coefficient (Wildman–Crippen LogP) is 0.226. The Morgan fingerprint density at radius 1 is 1.41 bits per heavy atom. The Labute approximate surface area is 128 Å². The van der Waals surface area contributed by atoms with Crippen molar-refractivity contribution in [3.63, 3.8) is 0 Å². The van der Waals surface area contributed by atoms with Crippen molar-refractivity contribution in [3.8, 4) is 5.75 Å². The first-order chi connectivity index (χ1) is 10.4. The third kappa shape index (κ3) is 4.19. The van der Waals surface area contributed by atoms with E-state index < -0.39 is 17.5 Å². The number of primary amides is 1. The van der Waals surface area contributed by atoms with Gasteiger partial charge in [-0.2, -0.15) is 0 Å². The SMILES string of the molecule is C[C@@]1(C(N)=O)CN(Cc2ccc(OCC(=O)O)cc2)CCO1. The van der Waals surface area contributed by atoms with Crippen LogP contribution < -0.4 is 10.5 Å². The van der Waals surface area contributed by atoms with E-state index in [0.29, 0.717) is 25.4 Å². The lowest BCUT2D eigenvalue weighted by atomic mass is 10.0. The molecule has 0 bridgehead atoms. The maximum absolute atomic E-state index is 11.5. The fourth-order valence-corrected chi connectivity index (χ4v) is 2.33. The number of ether oxygens (including phenoxy) is 2. The number of morpholine rings is 1. The Hall–Kier alpha value is -2.12. The zero-order valence-electron chi connectivity index (χ0n) is 12.4. The zero-order valence-corrected chi connectivity index (χ0v) is 12.4. The van der Waals surface area contributed by atoms with Gasteiger partial charge >= 0.3 is 5.97 Å². The molecule has 3 N–H and O–H groups in total. The molecular formula is C15H20N2O5. The fourth-order valence-electron chi connectivity index (χ4n) is 2.33. The fraction of sp³-hybridized carbons (Fsp3) is 0.467. The van der Waals surface area contributed by atoms with Gasteiger partial charge in [-0.3, -0.25) is 9.69 Å². The van der Waals surface area contributed by atoms with E-state index in [4.69, 9.17) is 20.3 Å². The molecule has 0 saturated carbocycles. The highest BCUT2D eigenvalue weighted by Crippen LogP contribution is 2.20. The van der Waals surface area contributed by atoms with Gasteiger partial charge in [0.25, 0.3) is 5.91 Å². The quantitative estimate of drug-likeness (QED) is 0.780. The van der Waals surface area contributed by atoms with Crippen molar-refractivity contribution >= 4 is 11.9 Å². The number of benzene rings is 1. The van der Waals surface area contributed by atoms with Crippen molar-refractivity contribution in [2.24, 2.45) is 5.73 Å². The molecule has 0 radical (unpaired) electrons. The largest absolute Gasteiger partial charge is 0.482 e. The molecule has 0 spiro atoms. The highest BCUT2D eigenvalue weighted by molar-refractivity contribution is 5.83. The van der Waals surface area contributed by atoms with Crippen LogP contribution in [0.25, 0.3) is 0 Å². The summed E-state index contributed by atoms with van der Waals surface area (Å²) >= 11 is 0. The van der Waals surface area contributed by atoms with E-state index >= 15 is 0 Å². The normalized spacial score (nSPS) is 22.2. The van der Waals surface area contributed by atoms with Crippen molar-refractivity contribution < 1.29 is 24.2 Å². The summed E-state index contributed by atoms with van der Waals surface area (Å²) in [7, 11) is 0. The third-order valence-corrected chi connectivity index (χ3v) is 3.57. The second kappa shape index (κ2) is 6.76. The minimum Gasteiger partial charge on any atom is -0.482 e. The van der Waals surface area contributed by atoms with E-state index in [1.165, 1.54) is 0 Å². The second-order valence-electron chi connectivity index (χ2n) is 5.48. The zero-order chi connectivity index (χ0) is 16.2. The molecule has 1 amide bonds. The summed E-state index contributed by atoms with van der Waals surface area (Å²) in [5.74, 6) is -0.965. The molecule has 1 heterocycles. The Kier molecular flexibility index (Phi) is 4.99. The van der Waals surface area contributed by atoms with Crippen LogP contribution >= 0.6 is 0 Å². The van der Waals surface area contributed by atoms with Crippen LogP contribution in [0.4, 0.5) is 0 Å². The highest BCUT2D eigenvalue weighted by Gasteiger charge is 2.37. The molecule has 1 atom stereocenters. The molecule has 1 saturated heterocycles. The maximum atomic E-state index is 11.5. The average molecular weight is 308 g/mol. The Morgan fingerprint density at radius 3 is 2.68 bits per heavy atom. The summed E-state index contributed by atoms with van der Waals surface area (Å²) in [6, 6.07) is 7.19. The van der Waals surface area contributed by atoms with E-state index in [2.05, 4.69) is 4.90 Å². The smallest absolute Gasteiger partial charge is 0.341 e. The van der Waals surface area contributed by atoms with Gasteiger partial charge in [-0.1, -0.05) is 12.1 Å². The summed E-state index contributed by atoms with van der Waals surface area (Å²) in [4.78, 5) is 24.0. The molecule has 1 aromatic rings. The Balaban J connectivity index is 1.93. The monoisotopic (exact) mass is 308 g/mol.